The number of carbonyl (C=O) groups is 1. The van der Waals surface area contributed by atoms with Gasteiger partial charge in [-0.25, -0.2) is 4.79 Å². The van der Waals surface area contributed by atoms with Crippen LogP contribution in [0, 0.1) is 0 Å². The number of esters is 1. The number of aromatic hydroxyl groups is 1. The largest absolute Gasteiger partial charge is 0.507 e. The number of nitrogen functional groups attached to an aromatic ring is 2. The SMILES string of the molecule is Nc1cc(N)c(C(=O)OCc2ccccc2)c(O)c1. The summed E-state index contributed by atoms with van der Waals surface area (Å²) in [6.07, 6.45) is 0. The Labute approximate surface area is 110 Å². The third-order valence-corrected chi connectivity index (χ3v) is 2.59. The first-order valence-electron chi connectivity index (χ1n) is 5.67. The summed E-state index contributed by atoms with van der Waals surface area (Å²) in [4.78, 5) is 11.9. The standard InChI is InChI=1S/C14H14N2O3/c15-10-6-11(16)13(12(17)7-10)14(18)19-8-9-4-2-1-3-5-9/h1-7,17H,8,15-16H2. The number of nitrogens with two attached hydrogens (primary N) is 2. The number of carbonyl (C=O) groups excluding carboxylic acids is 1. The van der Waals surface area contributed by atoms with Crippen molar-refractivity contribution in [2.75, 3.05) is 11.5 Å². The van der Waals surface area contributed by atoms with E-state index in [4.69, 9.17) is 16.2 Å². The van der Waals surface area contributed by atoms with Crippen LogP contribution in [-0.4, -0.2) is 11.1 Å². The van der Waals surface area contributed by atoms with Gasteiger partial charge in [0.15, 0.2) is 0 Å². The zero-order valence-electron chi connectivity index (χ0n) is 10.2. The van der Waals surface area contributed by atoms with Crippen LogP contribution in [0.3, 0.4) is 0 Å². The molecule has 98 valence electrons. The highest BCUT2D eigenvalue weighted by Crippen LogP contribution is 2.27. The van der Waals surface area contributed by atoms with Gasteiger partial charge in [0.1, 0.15) is 17.9 Å². The Kier molecular flexibility index (Phi) is 3.56. The van der Waals surface area contributed by atoms with E-state index in [1.54, 1.807) is 0 Å². The number of phenols is 1. The number of anilines is 2. The van der Waals surface area contributed by atoms with Gasteiger partial charge < -0.3 is 21.3 Å². The minimum atomic E-state index is -0.682. The van der Waals surface area contributed by atoms with Crippen molar-refractivity contribution in [1.29, 1.82) is 0 Å². The van der Waals surface area contributed by atoms with E-state index >= 15 is 0 Å². The molecule has 0 saturated carbocycles. The molecule has 2 aromatic rings. The molecule has 5 nitrogen and oxygen atoms in total. The molecule has 5 heteroatoms. The number of ether oxygens (including phenoxy) is 1. The fraction of sp³-hybridized carbons (Fsp3) is 0.0714. The van der Waals surface area contributed by atoms with Gasteiger partial charge in [-0.1, -0.05) is 30.3 Å². The first kappa shape index (κ1) is 12.8. The van der Waals surface area contributed by atoms with Gasteiger partial charge in [0.05, 0.1) is 5.69 Å². The lowest BCUT2D eigenvalue weighted by atomic mass is 10.1. The molecule has 0 amide bonds. The van der Waals surface area contributed by atoms with Crippen molar-refractivity contribution in [2.24, 2.45) is 0 Å². The highest BCUT2D eigenvalue weighted by atomic mass is 16.5. The van der Waals surface area contributed by atoms with Crippen LogP contribution in [0.4, 0.5) is 11.4 Å². The van der Waals surface area contributed by atoms with Crippen LogP contribution in [0.5, 0.6) is 5.75 Å². The van der Waals surface area contributed by atoms with Gasteiger partial charge in [-0.3, -0.25) is 0 Å². The van der Waals surface area contributed by atoms with E-state index in [9.17, 15) is 9.90 Å². The Balaban J connectivity index is 2.13. The molecule has 0 fully saturated rings. The van der Waals surface area contributed by atoms with Gasteiger partial charge in [-0.15, -0.1) is 0 Å². The van der Waals surface area contributed by atoms with Gasteiger partial charge in [-0.2, -0.15) is 0 Å². The number of benzene rings is 2. The van der Waals surface area contributed by atoms with Crippen molar-refractivity contribution in [3.63, 3.8) is 0 Å². The predicted molar refractivity (Wildman–Crippen MR) is 72.5 cm³/mol. The molecule has 0 spiro atoms. The van der Waals surface area contributed by atoms with Crippen molar-refractivity contribution >= 4 is 17.3 Å². The van der Waals surface area contributed by atoms with Gasteiger partial charge in [0.25, 0.3) is 0 Å². The van der Waals surface area contributed by atoms with Crippen LogP contribution in [0.25, 0.3) is 0 Å². The quantitative estimate of drug-likeness (QED) is 0.577. The van der Waals surface area contributed by atoms with E-state index in [0.29, 0.717) is 0 Å². The molecular formula is C14H14N2O3. The monoisotopic (exact) mass is 258 g/mol. The Morgan fingerprint density at radius 2 is 1.84 bits per heavy atom. The van der Waals surface area contributed by atoms with Crippen molar-refractivity contribution in [3.05, 3.63) is 53.6 Å². The molecule has 0 aliphatic heterocycles. The molecule has 0 bridgehead atoms. The van der Waals surface area contributed by atoms with Crippen molar-refractivity contribution in [2.45, 2.75) is 6.61 Å². The summed E-state index contributed by atoms with van der Waals surface area (Å²) in [7, 11) is 0. The van der Waals surface area contributed by atoms with Crippen LogP contribution < -0.4 is 11.5 Å². The van der Waals surface area contributed by atoms with E-state index in [0.717, 1.165) is 5.56 Å². The lowest BCUT2D eigenvalue weighted by Gasteiger charge is -2.09. The summed E-state index contributed by atoms with van der Waals surface area (Å²) in [5, 5.41) is 9.68. The van der Waals surface area contributed by atoms with Gasteiger partial charge in [0, 0.05) is 11.8 Å². The molecular weight excluding hydrogens is 244 g/mol. The summed E-state index contributed by atoms with van der Waals surface area (Å²) in [6.45, 7) is 0.114. The average Bonchev–Trinajstić information content (AvgIpc) is 2.36. The normalized spacial score (nSPS) is 10.1. The lowest BCUT2D eigenvalue weighted by molar-refractivity contribution is 0.0471. The first-order valence-corrected chi connectivity index (χ1v) is 5.67. The van der Waals surface area contributed by atoms with Gasteiger partial charge in [0.2, 0.25) is 0 Å². The smallest absolute Gasteiger partial charge is 0.344 e. The summed E-state index contributed by atoms with van der Waals surface area (Å²) in [5.41, 5.74) is 12.3. The Morgan fingerprint density at radius 3 is 2.47 bits per heavy atom. The van der Waals surface area contributed by atoms with Crippen molar-refractivity contribution < 1.29 is 14.6 Å². The van der Waals surface area contributed by atoms with E-state index < -0.39 is 5.97 Å². The highest BCUT2D eigenvalue weighted by molar-refractivity contribution is 5.98. The maximum Gasteiger partial charge on any atom is 0.344 e. The zero-order valence-corrected chi connectivity index (χ0v) is 10.2. The zero-order chi connectivity index (χ0) is 13.8. The van der Waals surface area contributed by atoms with Crippen LogP contribution >= 0.6 is 0 Å². The Bertz CT molecular complexity index is 574. The number of phenolic OH excluding ortho intramolecular Hbond substituents is 1. The summed E-state index contributed by atoms with van der Waals surface area (Å²) >= 11 is 0. The summed E-state index contributed by atoms with van der Waals surface area (Å²) < 4.78 is 5.10. The molecule has 0 unspecified atom stereocenters. The fourth-order valence-corrected chi connectivity index (χ4v) is 1.69. The second-order valence-electron chi connectivity index (χ2n) is 4.07. The van der Waals surface area contributed by atoms with Crippen LogP contribution in [0.2, 0.25) is 0 Å². The highest BCUT2D eigenvalue weighted by Gasteiger charge is 2.17. The molecule has 0 aliphatic rings. The van der Waals surface area contributed by atoms with E-state index in [-0.39, 0.29) is 29.3 Å². The van der Waals surface area contributed by atoms with Crippen LogP contribution in [0.1, 0.15) is 15.9 Å². The molecule has 2 rings (SSSR count). The van der Waals surface area contributed by atoms with Gasteiger partial charge >= 0.3 is 5.97 Å². The van der Waals surface area contributed by atoms with Crippen molar-refractivity contribution in [3.8, 4) is 5.75 Å². The lowest BCUT2D eigenvalue weighted by Crippen LogP contribution is -2.09. The van der Waals surface area contributed by atoms with Crippen LogP contribution in [0.15, 0.2) is 42.5 Å². The topological polar surface area (TPSA) is 98.6 Å². The molecule has 5 N–H and O–H groups in total. The predicted octanol–water partition coefficient (Wildman–Crippen LogP) is 1.91. The molecule has 0 atom stereocenters. The number of hydrogen-bond acceptors (Lipinski definition) is 5. The van der Waals surface area contributed by atoms with E-state index in [1.807, 2.05) is 30.3 Å². The molecule has 0 heterocycles. The molecule has 0 aliphatic carbocycles. The molecule has 0 aromatic heterocycles. The molecule has 2 aromatic carbocycles. The second-order valence-corrected chi connectivity index (χ2v) is 4.07. The van der Waals surface area contributed by atoms with Crippen LogP contribution in [-0.2, 0) is 11.3 Å². The number of rotatable bonds is 3. The minimum absolute atomic E-state index is 0.0647. The Morgan fingerprint density at radius 1 is 1.16 bits per heavy atom. The van der Waals surface area contributed by atoms with E-state index in [1.165, 1.54) is 12.1 Å². The van der Waals surface area contributed by atoms with Crippen molar-refractivity contribution in [1.82, 2.24) is 0 Å². The van der Waals surface area contributed by atoms with Gasteiger partial charge in [-0.05, 0) is 11.6 Å². The first-order chi connectivity index (χ1) is 9.08. The fourth-order valence-electron chi connectivity index (χ4n) is 1.69. The summed E-state index contributed by atoms with van der Waals surface area (Å²) in [5.74, 6) is -0.964. The molecule has 0 saturated heterocycles. The van der Waals surface area contributed by atoms with E-state index in [2.05, 4.69) is 0 Å². The molecule has 19 heavy (non-hydrogen) atoms. The maximum absolute atomic E-state index is 11.9. The second kappa shape index (κ2) is 5.30. The summed E-state index contributed by atoms with van der Waals surface area (Å²) in [6, 6.07) is 11.9. The third-order valence-electron chi connectivity index (χ3n) is 2.59. The third kappa shape index (κ3) is 2.95. The Hall–Kier alpha value is -2.69. The molecule has 0 radical (unpaired) electrons. The number of hydrogen-bond donors (Lipinski definition) is 3. The minimum Gasteiger partial charge on any atom is -0.507 e. The average molecular weight is 258 g/mol. The maximum atomic E-state index is 11.9.